The van der Waals surface area contributed by atoms with E-state index < -0.39 is 0 Å². The number of halogens is 1. The molecule has 0 aliphatic carbocycles. The minimum atomic E-state index is 0.121. The molecular formula is C5H3ClN2OS. The summed E-state index contributed by atoms with van der Waals surface area (Å²) in [6.45, 7) is 0. The highest BCUT2D eigenvalue weighted by molar-refractivity contribution is 7.21. The number of rotatable bonds is 0. The Morgan fingerprint density at radius 3 is 3.20 bits per heavy atom. The predicted octanol–water partition coefficient (Wildman–Crippen LogP) is 1.98. The van der Waals surface area contributed by atoms with Crippen LogP contribution >= 0.6 is 22.9 Å². The Labute approximate surface area is 65.3 Å². The zero-order chi connectivity index (χ0) is 7.14. The van der Waals surface area contributed by atoms with Gasteiger partial charge in [-0.25, -0.2) is 4.98 Å². The molecule has 0 radical (unpaired) electrons. The summed E-state index contributed by atoms with van der Waals surface area (Å²) in [7, 11) is 0. The van der Waals surface area contributed by atoms with Gasteiger partial charge in [0.25, 0.3) is 0 Å². The Bertz CT molecular complexity index is 366. The van der Waals surface area contributed by atoms with Gasteiger partial charge >= 0.3 is 0 Å². The van der Waals surface area contributed by atoms with Crippen LogP contribution in [0, 0.1) is 0 Å². The van der Waals surface area contributed by atoms with E-state index in [1.54, 1.807) is 6.33 Å². The molecule has 2 N–H and O–H groups in total. The third kappa shape index (κ3) is 0.629. The number of hydrogen-bond acceptors (Lipinski definition) is 3. The van der Waals surface area contributed by atoms with Crippen molar-refractivity contribution in [2.75, 3.05) is 0 Å². The number of imidazole rings is 1. The van der Waals surface area contributed by atoms with Crippen molar-refractivity contribution in [1.82, 2.24) is 9.97 Å². The van der Waals surface area contributed by atoms with Crippen LogP contribution < -0.4 is 0 Å². The van der Waals surface area contributed by atoms with Crippen molar-refractivity contribution in [2.24, 2.45) is 0 Å². The van der Waals surface area contributed by atoms with Crippen molar-refractivity contribution in [1.29, 1.82) is 0 Å². The third-order valence-electron chi connectivity index (χ3n) is 1.21. The van der Waals surface area contributed by atoms with Crippen LogP contribution in [0.25, 0.3) is 10.3 Å². The fourth-order valence-electron chi connectivity index (χ4n) is 0.760. The summed E-state index contributed by atoms with van der Waals surface area (Å²) in [6, 6.07) is 0. The van der Waals surface area contributed by atoms with E-state index in [2.05, 4.69) is 9.97 Å². The average molecular weight is 175 g/mol. The van der Waals surface area contributed by atoms with Gasteiger partial charge in [-0.3, -0.25) is 0 Å². The molecule has 0 aliphatic heterocycles. The second-order valence-electron chi connectivity index (χ2n) is 1.80. The van der Waals surface area contributed by atoms with E-state index in [9.17, 15) is 0 Å². The molecule has 2 rings (SSSR count). The van der Waals surface area contributed by atoms with E-state index >= 15 is 0 Å². The Kier molecular flexibility index (Phi) is 1.12. The van der Waals surface area contributed by atoms with Crippen LogP contribution in [0.15, 0.2) is 6.33 Å². The standard InChI is InChI=1S/C5H3ClN2OS/c6-2-3-4(8-1-7-3)10-5(2)9/h1,9H,(H,7,8). The quantitative estimate of drug-likeness (QED) is 0.642. The number of nitrogens with one attached hydrogen (secondary N) is 1. The summed E-state index contributed by atoms with van der Waals surface area (Å²) >= 11 is 6.84. The van der Waals surface area contributed by atoms with E-state index in [0.717, 1.165) is 4.83 Å². The third-order valence-corrected chi connectivity index (χ3v) is 2.59. The van der Waals surface area contributed by atoms with Gasteiger partial charge in [-0.05, 0) is 0 Å². The Balaban J connectivity index is 2.95. The molecule has 2 aromatic heterocycles. The van der Waals surface area contributed by atoms with E-state index in [4.69, 9.17) is 16.7 Å². The van der Waals surface area contributed by atoms with Crippen LogP contribution in [0.2, 0.25) is 5.02 Å². The van der Waals surface area contributed by atoms with Crippen LogP contribution in [0.3, 0.4) is 0 Å². The Morgan fingerprint density at radius 2 is 2.50 bits per heavy atom. The number of fused-ring (bicyclic) bond motifs is 1. The Hall–Kier alpha value is -0.740. The lowest BCUT2D eigenvalue weighted by Crippen LogP contribution is -1.58. The van der Waals surface area contributed by atoms with Gasteiger partial charge in [0.1, 0.15) is 9.85 Å². The summed E-state index contributed by atoms with van der Waals surface area (Å²) in [5.74, 6) is 0. The molecule has 10 heavy (non-hydrogen) atoms. The molecule has 0 saturated heterocycles. The van der Waals surface area contributed by atoms with Crippen LogP contribution in [0.1, 0.15) is 0 Å². The number of H-pyrrole nitrogens is 1. The molecule has 3 nitrogen and oxygen atoms in total. The van der Waals surface area contributed by atoms with Crippen LogP contribution in [-0.2, 0) is 0 Å². The van der Waals surface area contributed by atoms with Gasteiger partial charge in [0.15, 0.2) is 5.06 Å². The second-order valence-corrected chi connectivity index (χ2v) is 3.16. The van der Waals surface area contributed by atoms with E-state index in [-0.39, 0.29) is 5.06 Å². The van der Waals surface area contributed by atoms with Crippen molar-refractivity contribution < 1.29 is 5.11 Å². The van der Waals surface area contributed by atoms with Gasteiger partial charge < -0.3 is 10.1 Å². The minimum absolute atomic E-state index is 0.121. The summed E-state index contributed by atoms with van der Waals surface area (Å²) in [5.41, 5.74) is 0.712. The molecule has 5 heteroatoms. The van der Waals surface area contributed by atoms with Crippen molar-refractivity contribution >= 4 is 33.3 Å². The monoisotopic (exact) mass is 174 g/mol. The van der Waals surface area contributed by atoms with Crippen molar-refractivity contribution in [3.8, 4) is 5.06 Å². The molecule has 0 atom stereocenters. The van der Waals surface area contributed by atoms with Gasteiger partial charge in [0.05, 0.1) is 11.8 Å². The molecule has 0 aromatic carbocycles. The van der Waals surface area contributed by atoms with Crippen molar-refractivity contribution in [2.45, 2.75) is 0 Å². The maximum Gasteiger partial charge on any atom is 0.194 e. The van der Waals surface area contributed by atoms with Crippen LogP contribution in [0.5, 0.6) is 5.06 Å². The lowest BCUT2D eigenvalue weighted by Gasteiger charge is -1.80. The molecule has 2 aromatic rings. The molecular weight excluding hydrogens is 172 g/mol. The first-order chi connectivity index (χ1) is 4.79. The highest BCUT2D eigenvalue weighted by Crippen LogP contribution is 2.37. The maximum atomic E-state index is 9.06. The molecule has 0 unspecified atom stereocenters. The van der Waals surface area contributed by atoms with E-state index in [1.165, 1.54) is 11.3 Å². The number of aromatic amines is 1. The first kappa shape index (κ1) is 6.00. The topological polar surface area (TPSA) is 48.9 Å². The number of thiophene rings is 1. The fourth-order valence-corrected chi connectivity index (χ4v) is 1.82. The first-order valence-electron chi connectivity index (χ1n) is 2.59. The summed E-state index contributed by atoms with van der Waals surface area (Å²) in [6.07, 6.45) is 1.55. The highest BCUT2D eigenvalue weighted by atomic mass is 35.5. The Morgan fingerprint density at radius 1 is 1.70 bits per heavy atom. The SMILES string of the molecule is Oc1sc2nc[nH]c2c1Cl. The molecule has 0 spiro atoms. The van der Waals surface area contributed by atoms with Gasteiger partial charge in [-0.1, -0.05) is 22.9 Å². The molecule has 0 fully saturated rings. The van der Waals surface area contributed by atoms with Crippen LogP contribution in [-0.4, -0.2) is 15.1 Å². The van der Waals surface area contributed by atoms with Crippen molar-refractivity contribution in [3.63, 3.8) is 0 Å². The molecule has 0 saturated carbocycles. The maximum absolute atomic E-state index is 9.06. The summed E-state index contributed by atoms with van der Waals surface area (Å²) in [5, 5.41) is 9.54. The predicted molar refractivity (Wildman–Crippen MR) is 40.6 cm³/mol. The number of hydrogen-bond donors (Lipinski definition) is 2. The number of aromatic nitrogens is 2. The first-order valence-corrected chi connectivity index (χ1v) is 3.79. The second kappa shape index (κ2) is 1.87. The number of nitrogens with zero attached hydrogens (tertiary/aromatic N) is 1. The minimum Gasteiger partial charge on any atom is -0.498 e. The van der Waals surface area contributed by atoms with Gasteiger partial charge in [-0.15, -0.1) is 0 Å². The largest absolute Gasteiger partial charge is 0.498 e. The lowest BCUT2D eigenvalue weighted by molar-refractivity contribution is 0.491. The highest BCUT2D eigenvalue weighted by Gasteiger charge is 2.09. The lowest BCUT2D eigenvalue weighted by atomic mass is 10.5. The van der Waals surface area contributed by atoms with Crippen molar-refractivity contribution in [3.05, 3.63) is 11.3 Å². The smallest absolute Gasteiger partial charge is 0.194 e. The van der Waals surface area contributed by atoms with Gasteiger partial charge in [0.2, 0.25) is 0 Å². The molecule has 0 amide bonds. The van der Waals surface area contributed by atoms with Gasteiger partial charge in [0, 0.05) is 0 Å². The summed E-state index contributed by atoms with van der Waals surface area (Å²) in [4.78, 5) is 7.47. The molecule has 52 valence electrons. The summed E-state index contributed by atoms with van der Waals surface area (Å²) < 4.78 is 0. The average Bonchev–Trinajstić information content (AvgIpc) is 2.41. The van der Waals surface area contributed by atoms with Crippen LogP contribution in [0.4, 0.5) is 0 Å². The molecule has 2 heterocycles. The molecule has 0 bridgehead atoms. The molecule has 0 aliphatic rings. The zero-order valence-corrected chi connectivity index (χ0v) is 6.33. The van der Waals surface area contributed by atoms with E-state index in [1.807, 2.05) is 0 Å². The van der Waals surface area contributed by atoms with E-state index in [0.29, 0.717) is 10.5 Å². The normalized spacial score (nSPS) is 10.9. The van der Waals surface area contributed by atoms with Gasteiger partial charge in [-0.2, -0.15) is 0 Å². The fraction of sp³-hybridized carbons (Fsp3) is 0. The zero-order valence-electron chi connectivity index (χ0n) is 4.76. The number of aromatic hydroxyl groups is 1.